The van der Waals surface area contributed by atoms with Crippen molar-refractivity contribution in [2.45, 2.75) is 50.7 Å². The minimum Gasteiger partial charge on any atom is -0.340 e. The summed E-state index contributed by atoms with van der Waals surface area (Å²) in [5.41, 5.74) is 0. The molecule has 0 aromatic carbocycles. The molecule has 0 spiro atoms. The molecule has 1 atom stereocenters. The fraction of sp³-hybridized carbons (Fsp3) is 0.846. The van der Waals surface area contributed by atoms with Crippen LogP contribution in [-0.2, 0) is 0 Å². The maximum Gasteiger partial charge on any atom is 0.393 e. The van der Waals surface area contributed by atoms with Crippen molar-refractivity contribution >= 4 is 18.2 Å². The van der Waals surface area contributed by atoms with E-state index < -0.39 is 12.1 Å². The van der Waals surface area contributed by atoms with Gasteiger partial charge in [0, 0.05) is 19.1 Å². The molecule has 0 amide bonds. The first-order chi connectivity index (χ1) is 9.97. The van der Waals surface area contributed by atoms with E-state index >= 15 is 0 Å². The van der Waals surface area contributed by atoms with Gasteiger partial charge in [-0.15, -0.1) is 5.10 Å². The molecule has 118 valence electrons. The molecule has 0 radical (unpaired) electrons. The van der Waals surface area contributed by atoms with Crippen molar-refractivity contribution < 1.29 is 13.2 Å². The standard InChI is InChI=1S/C13H19F3N4S/c14-13(15,16)9-4-3-7-19(8-9)11-17-18-12(21)20(11)10-5-1-2-6-10/h9-10H,1-8H2,(H,18,21). The van der Waals surface area contributed by atoms with Crippen molar-refractivity contribution in [2.24, 2.45) is 5.92 Å². The quantitative estimate of drug-likeness (QED) is 0.841. The van der Waals surface area contributed by atoms with E-state index in [1.165, 1.54) is 0 Å². The van der Waals surface area contributed by atoms with Gasteiger partial charge in [-0.3, -0.25) is 4.57 Å². The van der Waals surface area contributed by atoms with Crippen molar-refractivity contribution in [1.82, 2.24) is 14.8 Å². The van der Waals surface area contributed by atoms with Crippen LogP contribution in [0.25, 0.3) is 0 Å². The minimum atomic E-state index is -4.13. The van der Waals surface area contributed by atoms with Gasteiger partial charge >= 0.3 is 6.18 Å². The van der Waals surface area contributed by atoms with Gasteiger partial charge in [0.2, 0.25) is 5.95 Å². The Balaban J connectivity index is 1.85. The number of nitrogens with zero attached hydrogens (tertiary/aromatic N) is 3. The Morgan fingerprint density at radius 3 is 2.52 bits per heavy atom. The summed E-state index contributed by atoms with van der Waals surface area (Å²) in [5.74, 6) is -0.686. The fourth-order valence-corrected chi connectivity index (χ4v) is 3.71. The van der Waals surface area contributed by atoms with Gasteiger partial charge in [-0.25, -0.2) is 5.10 Å². The topological polar surface area (TPSA) is 36.9 Å². The van der Waals surface area contributed by atoms with E-state index in [1.54, 1.807) is 4.90 Å². The van der Waals surface area contributed by atoms with Crippen molar-refractivity contribution in [3.05, 3.63) is 4.77 Å². The Hall–Kier alpha value is -1.05. The lowest BCUT2D eigenvalue weighted by Gasteiger charge is -2.34. The lowest BCUT2D eigenvalue weighted by Crippen LogP contribution is -2.43. The molecular weight excluding hydrogens is 301 g/mol. The Bertz CT molecular complexity index is 544. The molecule has 4 nitrogen and oxygen atoms in total. The first-order valence-corrected chi connectivity index (χ1v) is 7.86. The summed E-state index contributed by atoms with van der Waals surface area (Å²) >= 11 is 5.28. The number of anilines is 1. The summed E-state index contributed by atoms with van der Waals surface area (Å²) in [5, 5.41) is 6.96. The van der Waals surface area contributed by atoms with Crippen LogP contribution in [0.4, 0.5) is 19.1 Å². The second kappa shape index (κ2) is 5.62. The number of aromatic nitrogens is 3. The molecule has 1 unspecified atom stereocenters. The molecule has 2 aliphatic rings. The molecule has 1 saturated carbocycles. The summed E-state index contributed by atoms with van der Waals surface area (Å²) in [6.45, 7) is 0.592. The van der Waals surface area contributed by atoms with Gasteiger partial charge in [0.25, 0.3) is 0 Å². The normalized spacial score (nSPS) is 24.7. The molecule has 8 heteroatoms. The van der Waals surface area contributed by atoms with E-state index in [9.17, 15) is 13.2 Å². The van der Waals surface area contributed by atoms with Crippen molar-refractivity contribution in [1.29, 1.82) is 0 Å². The lowest BCUT2D eigenvalue weighted by atomic mass is 9.98. The molecule has 2 fully saturated rings. The Kier molecular flexibility index (Phi) is 3.98. The molecule has 21 heavy (non-hydrogen) atoms. The van der Waals surface area contributed by atoms with Crippen LogP contribution >= 0.6 is 12.2 Å². The highest BCUT2D eigenvalue weighted by Gasteiger charge is 2.42. The molecule has 1 aliphatic carbocycles. The van der Waals surface area contributed by atoms with Crippen LogP contribution < -0.4 is 4.90 Å². The molecule has 2 heterocycles. The molecule has 1 aliphatic heterocycles. The monoisotopic (exact) mass is 320 g/mol. The molecule has 1 aromatic rings. The van der Waals surface area contributed by atoms with Gasteiger partial charge in [-0.05, 0) is 37.9 Å². The number of piperidine rings is 1. The van der Waals surface area contributed by atoms with Gasteiger partial charge in [0.1, 0.15) is 0 Å². The van der Waals surface area contributed by atoms with Crippen LogP contribution in [0.3, 0.4) is 0 Å². The zero-order valence-corrected chi connectivity index (χ0v) is 12.5. The Morgan fingerprint density at radius 2 is 1.86 bits per heavy atom. The van der Waals surface area contributed by atoms with E-state index in [2.05, 4.69) is 10.2 Å². The highest BCUT2D eigenvalue weighted by molar-refractivity contribution is 7.71. The summed E-state index contributed by atoms with van der Waals surface area (Å²) in [6.07, 6.45) is 0.937. The fourth-order valence-electron chi connectivity index (χ4n) is 3.44. The minimum absolute atomic E-state index is 0.0180. The third kappa shape index (κ3) is 2.95. The van der Waals surface area contributed by atoms with E-state index in [1.807, 2.05) is 4.57 Å². The van der Waals surface area contributed by atoms with Gasteiger partial charge < -0.3 is 4.90 Å². The molecule has 1 saturated heterocycles. The number of halogens is 3. The highest BCUT2D eigenvalue weighted by atomic mass is 32.1. The molecule has 3 rings (SSSR count). The average molecular weight is 320 g/mol. The predicted octanol–water partition coefficient (Wildman–Crippen LogP) is 3.83. The number of hydrogen-bond donors (Lipinski definition) is 1. The van der Waals surface area contributed by atoms with Crippen molar-refractivity contribution in [2.75, 3.05) is 18.0 Å². The van der Waals surface area contributed by atoms with Gasteiger partial charge in [0.05, 0.1) is 5.92 Å². The van der Waals surface area contributed by atoms with E-state index in [0.29, 0.717) is 23.7 Å². The molecule has 0 bridgehead atoms. The second-order valence-electron chi connectivity index (χ2n) is 5.96. The number of hydrogen-bond acceptors (Lipinski definition) is 3. The van der Waals surface area contributed by atoms with Crippen LogP contribution in [0.1, 0.15) is 44.6 Å². The molecule has 1 N–H and O–H groups in total. The van der Waals surface area contributed by atoms with E-state index in [0.717, 1.165) is 25.7 Å². The lowest BCUT2D eigenvalue weighted by molar-refractivity contribution is -0.176. The summed E-state index contributed by atoms with van der Waals surface area (Å²) in [4.78, 5) is 1.74. The highest BCUT2D eigenvalue weighted by Crippen LogP contribution is 2.37. The van der Waals surface area contributed by atoms with Crippen molar-refractivity contribution in [3.63, 3.8) is 0 Å². The summed E-state index contributed by atoms with van der Waals surface area (Å²) < 4.78 is 41.3. The summed E-state index contributed by atoms with van der Waals surface area (Å²) in [6, 6.07) is 0.275. The van der Waals surface area contributed by atoms with E-state index in [-0.39, 0.29) is 19.0 Å². The Labute approximate surface area is 126 Å². The maximum absolute atomic E-state index is 13.0. The zero-order chi connectivity index (χ0) is 15.0. The number of H-pyrrole nitrogens is 1. The Morgan fingerprint density at radius 1 is 1.14 bits per heavy atom. The van der Waals surface area contributed by atoms with Crippen LogP contribution in [0.2, 0.25) is 0 Å². The van der Waals surface area contributed by atoms with E-state index in [4.69, 9.17) is 12.2 Å². The van der Waals surface area contributed by atoms with Gasteiger partial charge in [0.15, 0.2) is 4.77 Å². The third-order valence-electron chi connectivity index (χ3n) is 4.54. The van der Waals surface area contributed by atoms with Crippen LogP contribution in [0, 0.1) is 10.7 Å². The largest absolute Gasteiger partial charge is 0.393 e. The third-order valence-corrected chi connectivity index (χ3v) is 4.83. The van der Waals surface area contributed by atoms with Gasteiger partial charge in [-0.2, -0.15) is 13.2 Å². The summed E-state index contributed by atoms with van der Waals surface area (Å²) in [7, 11) is 0. The maximum atomic E-state index is 13.0. The number of alkyl halides is 3. The number of aromatic amines is 1. The predicted molar refractivity (Wildman–Crippen MR) is 75.9 cm³/mol. The zero-order valence-electron chi connectivity index (χ0n) is 11.7. The second-order valence-corrected chi connectivity index (χ2v) is 6.35. The van der Waals surface area contributed by atoms with Crippen molar-refractivity contribution in [3.8, 4) is 0 Å². The molecule has 1 aromatic heterocycles. The smallest absolute Gasteiger partial charge is 0.340 e. The average Bonchev–Trinajstić information content (AvgIpc) is 3.06. The first-order valence-electron chi connectivity index (χ1n) is 7.45. The van der Waals surface area contributed by atoms with Crippen LogP contribution in [0.15, 0.2) is 0 Å². The van der Waals surface area contributed by atoms with Crippen LogP contribution in [0.5, 0.6) is 0 Å². The molecular formula is C13H19F3N4S. The SMILES string of the molecule is FC(F)(F)C1CCCN(c2n[nH]c(=S)n2C2CCCC2)C1. The van der Waals surface area contributed by atoms with Gasteiger partial charge in [-0.1, -0.05) is 12.8 Å². The van der Waals surface area contributed by atoms with Crippen LogP contribution in [-0.4, -0.2) is 34.0 Å². The first kappa shape index (κ1) is 14.9. The number of nitrogens with one attached hydrogen (secondary N) is 1. The number of rotatable bonds is 2.